The quantitative estimate of drug-likeness (QED) is 0.779. The Morgan fingerprint density at radius 2 is 2.04 bits per heavy atom. The van der Waals surface area contributed by atoms with Gasteiger partial charge in [-0.1, -0.05) is 34.5 Å². The minimum Gasteiger partial charge on any atom is -0.384 e. The van der Waals surface area contributed by atoms with Crippen molar-refractivity contribution in [3.8, 4) is 0 Å². The van der Waals surface area contributed by atoms with Crippen LogP contribution in [0.25, 0.3) is 0 Å². The number of nitrogens with one attached hydrogen (secondary N) is 2. The van der Waals surface area contributed by atoms with Crippen molar-refractivity contribution in [3.63, 3.8) is 0 Å². The molecule has 2 N–H and O–H groups in total. The highest BCUT2D eigenvalue weighted by atomic mass is 79.9. The Morgan fingerprint density at radius 1 is 1.29 bits per heavy atom. The van der Waals surface area contributed by atoms with Crippen LogP contribution in [0.15, 0.2) is 28.7 Å². The van der Waals surface area contributed by atoms with Gasteiger partial charge in [-0.15, -0.1) is 0 Å². The van der Waals surface area contributed by atoms with E-state index in [9.17, 15) is 4.79 Å². The van der Waals surface area contributed by atoms with Gasteiger partial charge >= 0.3 is 0 Å². The van der Waals surface area contributed by atoms with E-state index in [0.29, 0.717) is 6.61 Å². The maximum Gasteiger partial charge on any atom is 0.228 e. The van der Waals surface area contributed by atoms with E-state index in [1.165, 1.54) is 12.0 Å². The zero-order chi connectivity index (χ0) is 17.0. The molecule has 1 aromatic carbocycles. The maximum atomic E-state index is 13.0. The molecule has 0 spiro atoms. The molecule has 0 aromatic heterocycles. The van der Waals surface area contributed by atoms with Crippen molar-refractivity contribution in [2.45, 2.75) is 37.5 Å². The summed E-state index contributed by atoms with van der Waals surface area (Å²) in [5.74, 6) is 0.159. The summed E-state index contributed by atoms with van der Waals surface area (Å²) in [6.45, 7) is 2.99. The number of rotatable bonds is 6. The van der Waals surface area contributed by atoms with E-state index in [4.69, 9.17) is 4.74 Å². The van der Waals surface area contributed by atoms with Crippen LogP contribution in [0.3, 0.4) is 0 Å². The first-order valence-electron chi connectivity index (χ1n) is 8.84. The van der Waals surface area contributed by atoms with E-state index in [1.54, 1.807) is 7.11 Å². The van der Waals surface area contributed by atoms with Gasteiger partial charge in [-0.2, -0.15) is 0 Å². The highest BCUT2D eigenvalue weighted by molar-refractivity contribution is 9.10. The first-order chi connectivity index (χ1) is 11.6. The molecule has 3 rings (SSSR count). The second-order valence-corrected chi connectivity index (χ2v) is 8.21. The van der Waals surface area contributed by atoms with Crippen LogP contribution < -0.4 is 10.6 Å². The average molecular weight is 395 g/mol. The number of halogens is 1. The molecule has 0 radical (unpaired) electrons. The second kappa shape index (κ2) is 7.54. The van der Waals surface area contributed by atoms with Crippen molar-refractivity contribution in [3.05, 3.63) is 34.3 Å². The van der Waals surface area contributed by atoms with Crippen LogP contribution in [-0.4, -0.2) is 39.3 Å². The predicted octanol–water partition coefficient (Wildman–Crippen LogP) is 3.00. The first kappa shape index (κ1) is 17.9. The zero-order valence-corrected chi connectivity index (χ0v) is 16.0. The van der Waals surface area contributed by atoms with Crippen LogP contribution >= 0.6 is 15.9 Å². The molecule has 1 aliphatic carbocycles. The van der Waals surface area contributed by atoms with E-state index in [-0.39, 0.29) is 16.7 Å². The van der Waals surface area contributed by atoms with Crippen molar-refractivity contribution in [2.24, 2.45) is 5.41 Å². The third kappa shape index (κ3) is 3.53. The highest BCUT2D eigenvalue weighted by Crippen LogP contribution is 2.44. The van der Waals surface area contributed by atoms with Crippen LogP contribution in [0.4, 0.5) is 0 Å². The number of benzene rings is 1. The lowest BCUT2D eigenvalue weighted by molar-refractivity contribution is -0.136. The van der Waals surface area contributed by atoms with Gasteiger partial charge in [0, 0.05) is 23.5 Å². The topological polar surface area (TPSA) is 50.4 Å². The molecule has 24 heavy (non-hydrogen) atoms. The van der Waals surface area contributed by atoms with Gasteiger partial charge in [-0.25, -0.2) is 0 Å². The molecule has 1 aliphatic heterocycles. The molecule has 2 aliphatic rings. The number of hydrogen-bond acceptors (Lipinski definition) is 3. The number of carbonyl (C=O) groups excluding carboxylic acids is 1. The molecular weight excluding hydrogens is 368 g/mol. The smallest absolute Gasteiger partial charge is 0.228 e. The molecule has 2 fully saturated rings. The molecule has 1 saturated carbocycles. The van der Waals surface area contributed by atoms with Gasteiger partial charge in [-0.05, 0) is 56.5 Å². The molecule has 5 heteroatoms. The van der Waals surface area contributed by atoms with Gasteiger partial charge in [0.15, 0.2) is 0 Å². The second-order valence-electron chi connectivity index (χ2n) is 7.29. The van der Waals surface area contributed by atoms with E-state index in [2.05, 4.69) is 50.8 Å². The summed E-state index contributed by atoms with van der Waals surface area (Å²) >= 11 is 3.57. The first-order valence-corrected chi connectivity index (χ1v) is 9.64. The van der Waals surface area contributed by atoms with Crippen molar-refractivity contribution >= 4 is 21.8 Å². The lowest BCUT2D eigenvalue weighted by Crippen LogP contribution is -2.53. The van der Waals surface area contributed by atoms with Gasteiger partial charge in [0.25, 0.3) is 0 Å². The molecular formula is C19H27BrN2O2. The molecule has 1 heterocycles. The highest BCUT2D eigenvalue weighted by Gasteiger charge is 2.43. The molecule has 1 saturated heterocycles. The Labute approximate surface area is 152 Å². The largest absolute Gasteiger partial charge is 0.384 e. The Hall–Kier alpha value is -0.910. The molecule has 1 amide bonds. The molecule has 132 valence electrons. The summed E-state index contributed by atoms with van der Waals surface area (Å²) in [6.07, 6.45) is 5.20. The van der Waals surface area contributed by atoms with Crippen molar-refractivity contribution in [2.75, 3.05) is 33.4 Å². The Kier molecular flexibility index (Phi) is 5.63. The number of piperidine rings is 1. The summed E-state index contributed by atoms with van der Waals surface area (Å²) in [6, 6.07) is 8.52. The molecule has 0 atom stereocenters. The van der Waals surface area contributed by atoms with Crippen molar-refractivity contribution in [1.82, 2.24) is 10.6 Å². The number of ether oxygens (including phenoxy) is 1. The van der Waals surface area contributed by atoms with Crippen LogP contribution in [0, 0.1) is 5.41 Å². The van der Waals surface area contributed by atoms with Crippen LogP contribution in [-0.2, 0) is 14.9 Å². The lowest BCUT2D eigenvalue weighted by atomic mass is 9.64. The molecule has 1 aromatic rings. The summed E-state index contributed by atoms with van der Waals surface area (Å²) < 4.78 is 6.49. The van der Waals surface area contributed by atoms with Gasteiger partial charge in [-0.3, -0.25) is 4.79 Å². The number of methoxy groups -OCH3 is 1. The summed E-state index contributed by atoms with van der Waals surface area (Å²) in [4.78, 5) is 13.0. The summed E-state index contributed by atoms with van der Waals surface area (Å²) in [5, 5.41) is 6.62. The number of amides is 1. The van der Waals surface area contributed by atoms with Crippen LogP contribution in [0.2, 0.25) is 0 Å². The summed E-state index contributed by atoms with van der Waals surface area (Å²) in [5.41, 5.74) is 1.05. The van der Waals surface area contributed by atoms with E-state index in [0.717, 1.165) is 49.8 Å². The Balaban J connectivity index is 1.69. The Bertz CT molecular complexity index is 575. The minimum absolute atomic E-state index is 0.0978. The average Bonchev–Trinajstić information content (AvgIpc) is 2.55. The molecule has 0 unspecified atom stereocenters. The van der Waals surface area contributed by atoms with E-state index >= 15 is 0 Å². The fourth-order valence-electron chi connectivity index (χ4n) is 4.04. The number of hydrogen-bond donors (Lipinski definition) is 2. The van der Waals surface area contributed by atoms with Crippen LogP contribution in [0.1, 0.15) is 37.7 Å². The monoisotopic (exact) mass is 394 g/mol. The molecule has 4 nitrogen and oxygen atoms in total. The third-order valence-corrected chi connectivity index (χ3v) is 6.29. The fraction of sp³-hybridized carbons (Fsp3) is 0.632. The SMILES string of the molecule is COCC1(C(=O)NCC2(c3cccc(Br)c3)CCC2)CCNCC1. The molecule has 0 bridgehead atoms. The fourth-order valence-corrected chi connectivity index (χ4v) is 4.44. The maximum absolute atomic E-state index is 13.0. The standard InChI is InChI=1S/C19H27BrN2O2/c1-24-14-19(8-10-21-11-9-19)17(23)22-13-18(6-3-7-18)15-4-2-5-16(20)12-15/h2,4-5,12,21H,3,6-11,13-14H2,1H3,(H,22,23). The van der Waals surface area contributed by atoms with Gasteiger partial charge in [0.2, 0.25) is 5.91 Å². The van der Waals surface area contributed by atoms with Crippen LogP contribution in [0.5, 0.6) is 0 Å². The predicted molar refractivity (Wildman–Crippen MR) is 99.1 cm³/mol. The van der Waals surface area contributed by atoms with Crippen molar-refractivity contribution < 1.29 is 9.53 Å². The normalized spacial score (nSPS) is 21.8. The van der Waals surface area contributed by atoms with E-state index < -0.39 is 0 Å². The minimum atomic E-state index is -0.373. The van der Waals surface area contributed by atoms with Gasteiger partial charge in [0.1, 0.15) is 0 Å². The Morgan fingerprint density at radius 3 is 2.62 bits per heavy atom. The van der Waals surface area contributed by atoms with Crippen molar-refractivity contribution in [1.29, 1.82) is 0 Å². The van der Waals surface area contributed by atoms with E-state index in [1.807, 2.05) is 0 Å². The summed E-state index contributed by atoms with van der Waals surface area (Å²) in [7, 11) is 1.69. The third-order valence-electron chi connectivity index (χ3n) is 5.80. The van der Waals surface area contributed by atoms with Gasteiger partial charge in [0.05, 0.1) is 12.0 Å². The van der Waals surface area contributed by atoms with Gasteiger partial charge < -0.3 is 15.4 Å². The lowest BCUT2D eigenvalue weighted by Gasteiger charge is -2.44. The number of carbonyl (C=O) groups is 1. The zero-order valence-electron chi connectivity index (χ0n) is 14.4.